The molecule has 5 aromatic carbocycles. The second-order valence-electron chi connectivity index (χ2n) is 8.83. The topological polar surface area (TPSA) is 52.0 Å². The molecule has 166 valence electrons. The second kappa shape index (κ2) is 8.92. The minimum atomic E-state index is -0.407. The quantitative estimate of drug-likeness (QED) is 0.219. The lowest BCUT2D eigenvalue weighted by atomic mass is 9.70. The van der Waals surface area contributed by atoms with Gasteiger partial charge in [0.25, 0.3) is 0 Å². The van der Waals surface area contributed by atoms with E-state index in [0.29, 0.717) is 0 Å². The SMILES string of the molecule is CC(c1ccccc1)(c1ccc(N)c(-c2ccccc2)c1)c1ccc(N)c(-c2ccccc2)c1. The average molecular weight is 441 g/mol. The molecule has 5 aromatic rings. The minimum Gasteiger partial charge on any atom is -0.398 e. The number of nitrogen functional groups attached to an aromatic ring is 2. The van der Waals surface area contributed by atoms with Crippen molar-refractivity contribution in [1.82, 2.24) is 0 Å². The molecule has 0 radical (unpaired) electrons. The molecule has 0 unspecified atom stereocenters. The number of hydrogen-bond donors (Lipinski definition) is 2. The zero-order valence-corrected chi connectivity index (χ0v) is 19.3. The van der Waals surface area contributed by atoms with E-state index < -0.39 is 5.41 Å². The Bertz CT molecular complexity index is 1320. The van der Waals surface area contributed by atoms with Crippen LogP contribution in [0.1, 0.15) is 23.6 Å². The summed E-state index contributed by atoms with van der Waals surface area (Å²) in [5.41, 5.74) is 21.9. The Labute approximate surface area is 201 Å². The predicted molar refractivity (Wildman–Crippen MR) is 145 cm³/mol. The van der Waals surface area contributed by atoms with Gasteiger partial charge in [-0.15, -0.1) is 0 Å². The fraction of sp³-hybridized carbons (Fsp3) is 0.0625. The number of benzene rings is 5. The van der Waals surface area contributed by atoms with Crippen molar-refractivity contribution in [2.24, 2.45) is 0 Å². The van der Waals surface area contributed by atoms with Gasteiger partial charge in [-0.25, -0.2) is 0 Å². The van der Waals surface area contributed by atoms with Crippen molar-refractivity contribution >= 4 is 11.4 Å². The van der Waals surface area contributed by atoms with Crippen molar-refractivity contribution in [3.63, 3.8) is 0 Å². The summed E-state index contributed by atoms with van der Waals surface area (Å²) in [5.74, 6) is 0. The second-order valence-corrected chi connectivity index (χ2v) is 8.83. The van der Waals surface area contributed by atoms with Crippen LogP contribution in [0.4, 0.5) is 11.4 Å². The molecule has 2 heteroatoms. The van der Waals surface area contributed by atoms with Gasteiger partial charge in [-0.3, -0.25) is 0 Å². The van der Waals surface area contributed by atoms with Crippen LogP contribution in [-0.4, -0.2) is 0 Å². The van der Waals surface area contributed by atoms with Crippen molar-refractivity contribution in [3.05, 3.63) is 144 Å². The number of hydrogen-bond acceptors (Lipinski definition) is 2. The van der Waals surface area contributed by atoms with Crippen molar-refractivity contribution in [3.8, 4) is 22.3 Å². The summed E-state index contributed by atoms with van der Waals surface area (Å²) in [6, 6.07) is 44.1. The van der Waals surface area contributed by atoms with Gasteiger partial charge in [0.15, 0.2) is 0 Å². The standard InChI is InChI=1S/C32H28N2/c1-32(25-15-9-4-10-16-25,26-17-19-30(33)28(21-26)23-11-5-2-6-12-23)27-18-20-31(34)29(22-27)24-13-7-3-8-14-24/h2-22H,33-34H2,1H3. The van der Waals surface area contributed by atoms with E-state index in [1.165, 1.54) is 16.7 Å². The molecule has 0 spiro atoms. The zero-order valence-electron chi connectivity index (χ0n) is 19.3. The molecule has 0 saturated heterocycles. The molecule has 0 bridgehead atoms. The lowest BCUT2D eigenvalue weighted by molar-refractivity contribution is 0.693. The van der Waals surface area contributed by atoms with Gasteiger partial charge in [-0.05, 0) is 59.0 Å². The fourth-order valence-electron chi connectivity index (χ4n) is 4.74. The number of rotatable bonds is 5. The predicted octanol–water partition coefficient (Wildman–Crippen LogP) is 7.54. The Balaban J connectivity index is 1.74. The lowest BCUT2D eigenvalue weighted by Crippen LogP contribution is -2.25. The first-order valence-electron chi connectivity index (χ1n) is 11.5. The van der Waals surface area contributed by atoms with E-state index in [1.807, 2.05) is 48.5 Å². The molecule has 0 aromatic heterocycles. The molecular weight excluding hydrogens is 412 g/mol. The van der Waals surface area contributed by atoms with Crippen molar-refractivity contribution in [2.75, 3.05) is 11.5 Å². The molecule has 0 amide bonds. The van der Waals surface area contributed by atoms with E-state index >= 15 is 0 Å². The highest BCUT2D eigenvalue weighted by atomic mass is 14.6. The van der Waals surface area contributed by atoms with Crippen molar-refractivity contribution < 1.29 is 0 Å². The summed E-state index contributed by atoms with van der Waals surface area (Å²) in [6.07, 6.45) is 0. The van der Waals surface area contributed by atoms with E-state index in [4.69, 9.17) is 11.5 Å². The maximum Gasteiger partial charge on any atom is 0.0423 e. The fourth-order valence-corrected chi connectivity index (χ4v) is 4.74. The maximum atomic E-state index is 6.45. The van der Waals surface area contributed by atoms with Gasteiger partial charge in [0.2, 0.25) is 0 Å². The first kappa shape index (κ1) is 21.5. The molecule has 0 fully saturated rings. The van der Waals surface area contributed by atoms with E-state index in [-0.39, 0.29) is 0 Å². The van der Waals surface area contributed by atoms with Crippen molar-refractivity contribution in [2.45, 2.75) is 12.3 Å². The molecule has 0 aliphatic carbocycles. The Hall–Kier alpha value is -4.30. The van der Waals surface area contributed by atoms with Gasteiger partial charge in [0.05, 0.1) is 0 Å². The number of anilines is 2. The van der Waals surface area contributed by atoms with Crippen molar-refractivity contribution in [1.29, 1.82) is 0 Å². The highest BCUT2D eigenvalue weighted by molar-refractivity contribution is 5.80. The molecule has 0 aliphatic rings. The summed E-state index contributed by atoms with van der Waals surface area (Å²) in [5, 5.41) is 0. The molecule has 0 saturated carbocycles. The van der Waals surface area contributed by atoms with Gasteiger partial charge in [-0.1, -0.05) is 103 Å². The third kappa shape index (κ3) is 3.84. The van der Waals surface area contributed by atoms with Gasteiger partial charge < -0.3 is 11.5 Å². The van der Waals surface area contributed by atoms with Gasteiger partial charge in [-0.2, -0.15) is 0 Å². The van der Waals surface area contributed by atoms with Crippen LogP contribution in [0.25, 0.3) is 22.3 Å². The third-order valence-corrected chi connectivity index (χ3v) is 6.78. The molecule has 0 heterocycles. The maximum absolute atomic E-state index is 6.45. The smallest absolute Gasteiger partial charge is 0.0423 e. The molecular formula is C32H28N2. The lowest BCUT2D eigenvalue weighted by Gasteiger charge is -2.33. The molecule has 0 atom stereocenters. The van der Waals surface area contributed by atoms with Crippen LogP contribution in [0.15, 0.2) is 127 Å². The van der Waals surface area contributed by atoms with Crippen LogP contribution < -0.4 is 11.5 Å². The monoisotopic (exact) mass is 440 g/mol. The Kier molecular flexibility index (Phi) is 5.65. The highest BCUT2D eigenvalue weighted by Crippen LogP contribution is 2.43. The first-order valence-corrected chi connectivity index (χ1v) is 11.5. The molecule has 5 rings (SSSR count). The summed E-state index contributed by atoms with van der Waals surface area (Å²) < 4.78 is 0. The van der Waals surface area contributed by atoms with Crippen LogP contribution in [-0.2, 0) is 5.41 Å². The van der Waals surface area contributed by atoms with E-state index in [1.54, 1.807) is 0 Å². The van der Waals surface area contributed by atoms with Gasteiger partial charge >= 0.3 is 0 Å². The van der Waals surface area contributed by atoms with Crippen LogP contribution in [0.2, 0.25) is 0 Å². The van der Waals surface area contributed by atoms with Crippen LogP contribution in [0, 0.1) is 0 Å². The molecule has 2 nitrogen and oxygen atoms in total. The summed E-state index contributed by atoms with van der Waals surface area (Å²) in [4.78, 5) is 0. The Morgan fingerprint density at radius 2 is 0.824 bits per heavy atom. The molecule has 0 aliphatic heterocycles. The van der Waals surface area contributed by atoms with E-state index in [2.05, 4.69) is 85.8 Å². The third-order valence-electron chi connectivity index (χ3n) is 6.78. The van der Waals surface area contributed by atoms with Gasteiger partial charge in [0, 0.05) is 27.9 Å². The largest absolute Gasteiger partial charge is 0.398 e. The van der Waals surface area contributed by atoms with E-state index in [9.17, 15) is 0 Å². The average Bonchev–Trinajstić information content (AvgIpc) is 2.90. The van der Waals surface area contributed by atoms with Crippen LogP contribution in [0.3, 0.4) is 0 Å². The van der Waals surface area contributed by atoms with Gasteiger partial charge in [0.1, 0.15) is 0 Å². The summed E-state index contributed by atoms with van der Waals surface area (Å²) >= 11 is 0. The minimum absolute atomic E-state index is 0.407. The molecule has 34 heavy (non-hydrogen) atoms. The Morgan fingerprint density at radius 3 is 1.24 bits per heavy atom. The van der Waals surface area contributed by atoms with Crippen LogP contribution >= 0.6 is 0 Å². The highest BCUT2D eigenvalue weighted by Gasteiger charge is 2.32. The first-order chi connectivity index (χ1) is 16.6. The number of nitrogens with two attached hydrogens (primary N) is 2. The normalized spacial score (nSPS) is 11.3. The molecule has 4 N–H and O–H groups in total. The zero-order chi connectivity index (χ0) is 23.5. The van der Waals surface area contributed by atoms with Crippen LogP contribution in [0.5, 0.6) is 0 Å². The summed E-state index contributed by atoms with van der Waals surface area (Å²) in [6.45, 7) is 2.28. The van der Waals surface area contributed by atoms with E-state index in [0.717, 1.165) is 33.6 Å². The summed E-state index contributed by atoms with van der Waals surface area (Å²) in [7, 11) is 0. The Morgan fingerprint density at radius 1 is 0.441 bits per heavy atom.